The Morgan fingerprint density at radius 2 is 1.69 bits per heavy atom. The van der Waals surface area contributed by atoms with Crippen LogP contribution in [0, 0.1) is 23.6 Å². The molecular weight excluding hydrogens is 531 g/mol. The van der Waals surface area contributed by atoms with E-state index in [1.54, 1.807) is 12.1 Å². The standard InChI is InChI=1S/C29H38FN3O2.C5H11NO/c1-19(2)17-21-13-15-33(16-14-21)29(35)26(18-20-7-10-23(30)11-8-20)32-28(34)25-12-9-22-5-3-4-6-24(22)27(25)31;1-5(2,3)6-4-7/h3-8,10-11,19,21,25-27H,9,12-18,31H2,1-2H3,(H,32,34);4H,1-3H3,(H,6,7)/t25?,26-,27?;/m1./s1. The van der Waals surface area contributed by atoms with Crippen LogP contribution >= 0.6 is 0 Å². The maximum Gasteiger partial charge on any atom is 0.245 e. The summed E-state index contributed by atoms with van der Waals surface area (Å²) >= 11 is 0. The van der Waals surface area contributed by atoms with E-state index in [1.807, 2.05) is 43.9 Å². The molecule has 7 nitrogen and oxygen atoms in total. The Morgan fingerprint density at radius 1 is 1.05 bits per heavy atom. The average Bonchev–Trinajstić information content (AvgIpc) is 2.93. The number of halogens is 1. The molecule has 2 aliphatic rings. The van der Waals surface area contributed by atoms with Gasteiger partial charge in [-0.05, 0) is 93.5 Å². The summed E-state index contributed by atoms with van der Waals surface area (Å²) in [6.45, 7) is 11.7. The number of hydrogen-bond donors (Lipinski definition) is 3. The molecule has 1 fully saturated rings. The first-order valence-electron chi connectivity index (χ1n) is 15.3. The molecule has 0 aromatic heterocycles. The van der Waals surface area contributed by atoms with E-state index in [9.17, 15) is 18.8 Å². The second kappa shape index (κ2) is 15.3. The minimum absolute atomic E-state index is 0.0598. The quantitative estimate of drug-likeness (QED) is 0.385. The number of nitrogens with zero attached hydrogens (tertiary/aromatic N) is 1. The summed E-state index contributed by atoms with van der Waals surface area (Å²) in [6, 6.07) is 13.0. The number of hydrogen-bond acceptors (Lipinski definition) is 4. The predicted molar refractivity (Wildman–Crippen MR) is 165 cm³/mol. The largest absolute Gasteiger partial charge is 0.354 e. The summed E-state index contributed by atoms with van der Waals surface area (Å²) in [5.74, 6) is 0.352. The summed E-state index contributed by atoms with van der Waals surface area (Å²) in [7, 11) is 0. The van der Waals surface area contributed by atoms with Gasteiger partial charge in [-0.1, -0.05) is 50.2 Å². The van der Waals surface area contributed by atoms with Crippen LogP contribution in [0.2, 0.25) is 0 Å². The molecule has 4 rings (SSSR count). The Balaban J connectivity index is 0.000000616. The molecule has 0 saturated carbocycles. The highest BCUT2D eigenvalue weighted by molar-refractivity contribution is 5.89. The summed E-state index contributed by atoms with van der Waals surface area (Å²) in [5.41, 5.74) is 9.46. The van der Waals surface area contributed by atoms with Crippen LogP contribution in [0.4, 0.5) is 4.39 Å². The molecule has 2 aromatic rings. The number of piperidine rings is 1. The molecule has 2 aromatic carbocycles. The van der Waals surface area contributed by atoms with E-state index < -0.39 is 12.1 Å². The van der Waals surface area contributed by atoms with Gasteiger partial charge in [0.05, 0.1) is 5.92 Å². The van der Waals surface area contributed by atoms with Crippen LogP contribution in [-0.4, -0.2) is 47.8 Å². The lowest BCUT2D eigenvalue weighted by atomic mass is 9.79. The lowest BCUT2D eigenvalue weighted by Crippen LogP contribution is -2.53. The zero-order valence-electron chi connectivity index (χ0n) is 25.9. The number of likely N-dealkylation sites (tertiary alicyclic amines) is 1. The molecule has 3 amide bonds. The Kier molecular flexibility index (Phi) is 12.1. The number of rotatable bonds is 8. The molecule has 1 aliphatic heterocycles. The molecule has 2 unspecified atom stereocenters. The van der Waals surface area contributed by atoms with Gasteiger partial charge >= 0.3 is 0 Å². The van der Waals surface area contributed by atoms with Gasteiger partial charge in [0.1, 0.15) is 11.9 Å². The summed E-state index contributed by atoms with van der Waals surface area (Å²) in [6.07, 6.45) is 5.65. The first kappa shape index (κ1) is 33.2. The number of amides is 3. The molecular formula is C34H49FN4O3. The van der Waals surface area contributed by atoms with Gasteiger partial charge in [-0.25, -0.2) is 4.39 Å². The van der Waals surface area contributed by atoms with Crippen molar-refractivity contribution >= 4 is 18.2 Å². The van der Waals surface area contributed by atoms with E-state index in [0.29, 0.717) is 44.2 Å². The monoisotopic (exact) mass is 580 g/mol. The van der Waals surface area contributed by atoms with Crippen LogP contribution < -0.4 is 16.4 Å². The van der Waals surface area contributed by atoms with Crippen molar-refractivity contribution in [3.8, 4) is 0 Å². The number of carbonyl (C=O) groups is 3. The predicted octanol–water partition coefficient (Wildman–Crippen LogP) is 4.93. The van der Waals surface area contributed by atoms with Gasteiger partial charge < -0.3 is 21.3 Å². The number of carbonyl (C=O) groups excluding carboxylic acids is 3. The molecule has 1 saturated heterocycles. The lowest BCUT2D eigenvalue weighted by Gasteiger charge is -2.36. The van der Waals surface area contributed by atoms with E-state index in [-0.39, 0.29) is 29.1 Å². The van der Waals surface area contributed by atoms with E-state index in [1.165, 1.54) is 24.1 Å². The van der Waals surface area contributed by atoms with Gasteiger partial charge in [0.2, 0.25) is 18.2 Å². The van der Waals surface area contributed by atoms with E-state index >= 15 is 0 Å². The van der Waals surface area contributed by atoms with Gasteiger partial charge in [-0.2, -0.15) is 0 Å². The smallest absolute Gasteiger partial charge is 0.245 e. The maximum absolute atomic E-state index is 13.6. The number of aryl methyl sites for hydroxylation is 1. The molecule has 8 heteroatoms. The highest BCUT2D eigenvalue weighted by atomic mass is 19.1. The van der Waals surface area contributed by atoms with Gasteiger partial charge in [0, 0.05) is 31.1 Å². The van der Waals surface area contributed by atoms with E-state index in [2.05, 4.69) is 30.5 Å². The van der Waals surface area contributed by atoms with Crippen LogP contribution in [0.25, 0.3) is 0 Å². The third kappa shape index (κ3) is 9.93. The number of nitrogens with one attached hydrogen (secondary N) is 2. The number of fused-ring (bicyclic) bond motifs is 1. The maximum atomic E-state index is 13.6. The van der Waals surface area contributed by atoms with E-state index in [4.69, 9.17) is 5.73 Å². The highest BCUT2D eigenvalue weighted by Crippen LogP contribution is 2.33. The van der Waals surface area contributed by atoms with E-state index in [0.717, 1.165) is 30.4 Å². The fraction of sp³-hybridized carbons (Fsp3) is 0.559. The zero-order valence-corrected chi connectivity index (χ0v) is 25.9. The zero-order chi connectivity index (χ0) is 30.9. The number of nitrogens with two attached hydrogens (primary N) is 1. The van der Waals surface area contributed by atoms with Crippen LogP contribution in [0.5, 0.6) is 0 Å². The fourth-order valence-corrected chi connectivity index (χ4v) is 5.88. The minimum atomic E-state index is -0.695. The van der Waals surface area contributed by atoms with Crippen molar-refractivity contribution < 1.29 is 18.8 Å². The van der Waals surface area contributed by atoms with Crippen molar-refractivity contribution in [1.82, 2.24) is 15.5 Å². The van der Waals surface area contributed by atoms with Crippen LogP contribution in [0.1, 0.15) is 83.0 Å². The molecule has 230 valence electrons. The molecule has 4 N–H and O–H groups in total. The van der Waals surface area contributed by atoms with Crippen molar-refractivity contribution in [1.29, 1.82) is 0 Å². The molecule has 0 bridgehead atoms. The normalized spacial score (nSPS) is 19.7. The molecule has 0 spiro atoms. The van der Waals surface area contributed by atoms with Crippen molar-refractivity contribution in [2.24, 2.45) is 23.5 Å². The first-order chi connectivity index (χ1) is 19.9. The van der Waals surface area contributed by atoms with Crippen LogP contribution in [0.3, 0.4) is 0 Å². The molecule has 1 aliphatic carbocycles. The first-order valence-corrected chi connectivity index (χ1v) is 15.3. The summed E-state index contributed by atoms with van der Waals surface area (Å²) < 4.78 is 13.5. The minimum Gasteiger partial charge on any atom is -0.354 e. The van der Waals surface area contributed by atoms with Crippen LogP contribution in [-0.2, 0) is 27.2 Å². The molecule has 0 radical (unpaired) electrons. The summed E-state index contributed by atoms with van der Waals surface area (Å²) in [5, 5.41) is 5.65. The third-order valence-electron chi connectivity index (χ3n) is 8.10. The SMILES string of the molecule is CC(C)(C)NC=O.CC(C)CC1CCN(C(=O)[C@@H](Cc2ccc(F)cc2)NC(=O)C2CCc3ccccc3C2N)CC1. The number of benzene rings is 2. The molecule has 1 heterocycles. The van der Waals surface area contributed by atoms with Crippen LogP contribution in [0.15, 0.2) is 48.5 Å². The second-order valence-electron chi connectivity index (χ2n) is 13.2. The lowest BCUT2D eigenvalue weighted by molar-refractivity contribution is -0.139. The third-order valence-corrected chi connectivity index (χ3v) is 8.10. The highest BCUT2D eigenvalue weighted by Gasteiger charge is 2.35. The van der Waals surface area contributed by atoms with Crippen molar-refractivity contribution in [2.45, 2.75) is 90.8 Å². The average molecular weight is 581 g/mol. The fourth-order valence-electron chi connectivity index (χ4n) is 5.88. The molecule has 42 heavy (non-hydrogen) atoms. The second-order valence-corrected chi connectivity index (χ2v) is 13.2. The Morgan fingerprint density at radius 3 is 2.26 bits per heavy atom. The molecule has 3 atom stereocenters. The van der Waals surface area contributed by atoms with Crippen molar-refractivity contribution in [3.63, 3.8) is 0 Å². The van der Waals surface area contributed by atoms with Crippen molar-refractivity contribution in [2.75, 3.05) is 13.1 Å². The van der Waals surface area contributed by atoms with Gasteiger partial charge in [0.25, 0.3) is 0 Å². The van der Waals surface area contributed by atoms with Gasteiger partial charge in [0.15, 0.2) is 0 Å². The topological polar surface area (TPSA) is 105 Å². The Hall–Kier alpha value is -3.26. The van der Waals surface area contributed by atoms with Gasteiger partial charge in [-0.3, -0.25) is 14.4 Å². The summed E-state index contributed by atoms with van der Waals surface area (Å²) in [4.78, 5) is 38.6. The Bertz CT molecular complexity index is 1170. The Labute approximate surface area is 250 Å². The van der Waals surface area contributed by atoms with Gasteiger partial charge in [-0.15, -0.1) is 0 Å². The van der Waals surface area contributed by atoms with Crippen molar-refractivity contribution in [3.05, 3.63) is 71.0 Å².